The zero-order chi connectivity index (χ0) is 11.3. The van der Waals surface area contributed by atoms with Gasteiger partial charge in [0.05, 0.1) is 12.5 Å². The number of aromatic nitrogens is 3. The molecule has 6 nitrogen and oxygen atoms in total. The maximum Gasteiger partial charge on any atom is 0.291 e. The predicted octanol–water partition coefficient (Wildman–Crippen LogP) is 0.399. The van der Waals surface area contributed by atoms with Crippen molar-refractivity contribution in [2.24, 2.45) is 0 Å². The molecule has 1 aromatic rings. The third kappa shape index (κ3) is 3.06. The Labute approximate surface area is 87.7 Å². The van der Waals surface area contributed by atoms with Crippen LogP contribution in [0.2, 0.25) is 0 Å². The van der Waals surface area contributed by atoms with Crippen LogP contribution in [0.3, 0.4) is 0 Å². The normalized spacial score (nSPS) is 11.8. The molecule has 0 saturated carbocycles. The van der Waals surface area contributed by atoms with Crippen LogP contribution in [0.15, 0.2) is 0 Å². The molecule has 80 valence electrons. The van der Waals surface area contributed by atoms with Gasteiger partial charge in [-0.15, -0.1) is 5.10 Å². The number of carbonyl (C=O) groups is 1. The highest BCUT2D eigenvalue weighted by molar-refractivity contribution is 5.90. The van der Waals surface area contributed by atoms with Crippen LogP contribution in [0.1, 0.15) is 36.7 Å². The molecule has 0 aliphatic carbocycles. The van der Waals surface area contributed by atoms with E-state index in [0.717, 1.165) is 0 Å². The lowest BCUT2D eigenvalue weighted by Gasteiger charge is -2.07. The van der Waals surface area contributed by atoms with Gasteiger partial charge in [-0.3, -0.25) is 9.89 Å². The van der Waals surface area contributed by atoms with Gasteiger partial charge in [0.25, 0.3) is 5.91 Å². The van der Waals surface area contributed by atoms with Crippen molar-refractivity contribution in [3.8, 4) is 6.07 Å². The van der Waals surface area contributed by atoms with Gasteiger partial charge in [-0.25, -0.2) is 4.98 Å². The van der Waals surface area contributed by atoms with E-state index in [2.05, 4.69) is 20.5 Å². The zero-order valence-corrected chi connectivity index (χ0v) is 8.74. The molecule has 1 unspecified atom stereocenters. The third-order valence-electron chi connectivity index (χ3n) is 1.84. The topological polar surface area (TPSA) is 94.5 Å². The van der Waals surface area contributed by atoms with Gasteiger partial charge in [0, 0.05) is 12.5 Å². The van der Waals surface area contributed by atoms with E-state index in [1.165, 1.54) is 0 Å². The van der Waals surface area contributed by atoms with Crippen LogP contribution >= 0.6 is 0 Å². The Bertz CT molecular complexity index is 378. The fourth-order valence-corrected chi connectivity index (χ4v) is 1.03. The van der Waals surface area contributed by atoms with E-state index in [1.54, 1.807) is 6.92 Å². The summed E-state index contributed by atoms with van der Waals surface area (Å²) in [6, 6.07) is 1.79. The molecule has 0 saturated heterocycles. The van der Waals surface area contributed by atoms with E-state index in [9.17, 15) is 4.79 Å². The van der Waals surface area contributed by atoms with E-state index in [-0.39, 0.29) is 24.2 Å². The van der Waals surface area contributed by atoms with Gasteiger partial charge in [-0.05, 0) is 6.92 Å². The number of nitrogens with zero attached hydrogens (tertiary/aromatic N) is 3. The summed E-state index contributed by atoms with van der Waals surface area (Å²) in [5.41, 5.74) is 0. The van der Waals surface area contributed by atoms with Crippen LogP contribution in [0.4, 0.5) is 0 Å². The molecule has 1 heterocycles. The predicted molar refractivity (Wildman–Crippen MR) is 52.9 cm³/mol. The van der Waals surface area contributed by atoms with Crippen LogP contribution in [0, 0.1) is 11.3 Å². The highest BCUT2D eigenvalue weighted by atomic mass is 16.2. The van der Waals surface area contributed by atoms with Crippen molar-refractivity contribution < 1.29 is 4.79 Å². The summed E-state index contributed by atoms with van der Waals surface area (Å²) in [7, 11) is 0. The Morgan fingerprint density at radius 1 is 1.73 bits per heavy atom. The van der Waals surface area contributed by atoms with Crippen molar-refractivity contribution in [3.63, 3.8) is 0 Å². The smallest absolute Gasteiger partial charge is 0.291 e. The minimum absolute atomic E-state index is 0.122. The number of hydrogen-bond donors (Lipinski definition) is 2. The number of nitriles is 1. The number of amides is 1. The molecule has 1 rings (SSSR count). The van der Waals surface area contributed by atoms with E-state index in [1.807, 2.05) is 13.0 Å². The van der Waals surface area contributed by atoms with Crippen LogP contribution in [0.25, 0.3) is 0 Å². The number of carbonyl (C=O) groups excluding carboxylic acids is 1. The SMILES string of the molecule is CCc1nc(C(=O)NC(C)CC#N)n[nH]1. The van der Waals surface area contributed by atoms with Gasteiger partial charge in [0.2, 0.25) is 5.82 Å². The molecule has 1 aromatic heterocycles. The summed E-state index contributed by atoms with van der Waals surface area (Å²) in [6.07, 6.45) is 0.977. The summed E-state index contributed by atoms with van der Waals surface area (Å²) in [5.74, 6) is 0.443. The summed E-state index contributed by atoms with van der Waals surface area (Å²) in [4.78, 5) is 15.5. The Morgan fingerprint density at radius 3 is 3.00 bits per heavy atom. The van der Waals surface area contributed by atoms with E-state index in [0.29, 0.717) is 12.2 Å². The van der Waals surface area contributed by atoms with Crippen LogP contribution < -0.4 is 5.32 Å². The quantitative estimate of drug-likeness (QED) is 0.747. The Balaban J connectivity index is 2.57. The Morgan fingerprint density at radius 2 is 2.47 bits per heavy atom. The minimum atomic E-state index is -0.353. The van der Waals surface area contributed by atoms with Gasteiger partial charge >= 0.3 is 0 Å². The molecular weight excluding hydrogens is 194 g/mol. The summed E-state index contributed by atoms with van der Waals surface area (Å²) >= 11 is 0. The number of H-pyrrole nitrogens is 1. The number of aryl methyl sites for hydroxylation is 1. The molecule has 6 heteroatoms. The maximum atomic E-state index is 11.5. The fraction of sp³-hybridized carbons (Fsp3) is 0.556. The lowest BCUT2D eigenvalue weighted by Crippen LogP contribution is -2.32. The number of aromatic amines is 1. The first kappa shape index (κ1) is 11.2. The molecule has 0 spiro atoms. The van der Waals surface area contributed by atoms with Crippen molar-refractivity contribution in [3.05, 3.63) is 11.6 Å². The molecule has 0 bridgehead atoms. The molecule has 0 aromatic carbocycles. The molecule has 15 heavy (non-hydrogen) atoms. The standard InChI is InChI=1S/C9H13N5O/c1-3-7-12-8(14-13-7)9(15)11-6(2)4-5-10/h6H,3-4H2,1-2H3,(H,11,15)(H,12,13,14). The Kier molecular flexibility index (Phi) is 3.80. The first-order valence-corrected chi connectivity index (χ1v) is 4.76. The van der Waals surface area contributed by atoms with Crippen LogP contribution in [-0.2, 0) is 6.42 Å². The van der Waals surface area contributed by atoms with Gasteiger partial charge in [0.1, 0.15) is 5.82 Å². The third-order valence-corrected chi connectivity index (χ3v) is 1.84. The largest absolute Gasteiger partial charge is 0.346 e. The lowest BCUT2D eigenvalue weighted by molar-refractivity contribution is 0.0930. The second kappa shape index (κ2) is 5.10. The van der Waals surface area contributed by atoms with E-state index in [4.69, 9.17) is 5.26 Å². The maximum absolute atomic E-state index is 11.5. The lowest BCUT2D eigenvalue weighted by atomic mass is 10.2. The average Bonchev–Trinajstić information content (AvgIpc) is 2.66. The van der Waals surface area contributed by atoms with Crippen molar-refractivity contribution in [2.75, 3.05) is 0 Å². The molecule has 0 fully saturated rings. The van der Waals surface area contributed by atoms with Gasteiger partial charge in [-0.1, -0.05) is 6.92 Å². The summed E-state index contributed by atoms with van der Waals surface area (Å²) in [6.45, 7) is 3.68. The van der Waals surface area contributed by atoms with Crippen LogP contribution in [-0.4, -0.2) is 27.1 Å². The van der Waals surface area contributed by atoms with Crippen molar-refractivity contribution in [2.45, 2.75) is 32.7 Å². The zero-order valence-electron chi connectivity index (χ0n) is 8.74. The number of nitrogens with one attached hydrogen (secondary N) is 2. The molecule has 0 aliphatic heterocycles. The summed E-state index contributed by atoms with van der Waals surface area (Å²) < 4.78 is 0. The highest BCUT2D eigenvalue weighted by Crippen LogP contribution is 1.95. The highest BCUT2D eigenvalue weighted by Gasteiger charge is 2.13. The molecule has 0 radical (unpaired) electrons. The monoisotopic (exact) mass is 207 g/mol. The van der Waals surface area contributed by atoms with Crippen molar-refractivity contribution >= 4 is 5.91 Å². The second-order valence-electron chi connectivity index (χ2n) is 3.20. The molecular formula is C9H13N5O. The molecule has 1 atom stereocenters. The number of hydrogen-bond acceptors (Lipinski definition) is 4. The van der Waals surface area contributed by atoms with Crippen molar-refractivity contribution in [1.82, 2.24) is 20.5 Å². The van der Waals surface area contributed by atoms with Gasteiger partial charge in [0.15, 0.2) is 0 Å². The molecule has 0 aliphatic rings. The van der Waals surface area contributed by atoms with Gasteiger partial charge < -0.3 is 5.32 Å². The minimum Gasteiger partial charge on any atom is -0.346 e. The first-order valence-electron chi connectivity index (χ1n) is 4.76. The molecule has 1 amide bonds. The first-order chi connectivity index (χ1) is 7.17. The summed E-state index contributed by atoms with van der Waals surface area (Å²) in [5, 5.41) is 17.5. The van der Waals surface area contributed by atoms with Crippen LogP contribution in [0.5, 0.6) is 0 Å². The average molecular weight is 207 g/mol. The Hall–Kier alpha value is -1.90. The van der Waals surface area contributed by atoms with E-state index < -0.39 is 0 Å². The molecule has 2 N–H and O–H groups in total. The fourth-order valence-electron chi connectivity index (χ4n) is 1.03. The number of rotatable bonds is 4. The van der Waals surface area contributed by atoms with E-state index >= 15 is 0 Å². The van der Waals surface area contributed by atoms with Gasteiger partial charge in [-0.2, -0.15) is 5.26 Å². The van der Waals surface area contributed by atoms with Crippen molar-refractivity contribution in [1.29, 1.82) is 5.26 Å². The second-order valence-corrected chi connectivity index (χ2v) is 3.20.